The second-order valence-corrected chi connectivity index (χ2v) is 5.85. The lowest BCUT2D eigenvalue weighted by Gasteiger charge is -2.36. The minimum atomic E-state index is -0.873. The molecular formula is C12H22N2O4. The Morgan fingerprint density at radius 2 is 2.00 bits per heavy atom. The summed E-state index contributed by atoms with van der Waals surface area (Å²) in [5.74, 6) is -0.873. The van der Waals surface area contributed by atoms with Crippen LogP contribution in [0, 0.1) is 5.41 Å². The molecule has 1 aliphatic rings. The Bertz CT molecular complexity index is 356. The molecule has 0 aromatic carbocycles. The van der Waals surface area contributed by atoms with Crippen LogP contribution in [-0.4, -0.2) is 64.3 Å². The van der Waals surface area contributed by atoms with E-state index in [-0.39, 0.29) is 19.2 Å². The van der Waals surface area contributed by atoms with Gasteiger partial charge in [-0.2, -0.15) is 0 Å². The van der Waals surface area contributed by atoms with E-state index in [1.54, 1.807) is 27.8 Å². The van der Waals surface area contributed by atoms with Crippen LogP contribution in [-0.2, 0) is 4.79 Å². The second kappa shape index (κ2) is 4.76. The van der Waals surface area contributed by atoms with Gasteiger partial charge >= 0.3 is 12.0 Å². The molecule has 0 aromatic heterocycles. The lowest BCUT2D eigenvalue weighted by Crippen LogP contribution is -2.52. The van der Waals surface area contributed by atoms with Gasteiger partial charge in [0.2, 0.25) is 0 Å². The summed E-state index contributed by atoms with van der Waals surface area (Å²) < 4.78 is 0. The van der Waals surface area contributed by atoms with Gasteiger partial charge in [-0.25, -0.2) is 4.79 Å². The number of urea groups is 1. The summed E-state index contributed by atoms with van der Waals surface area (Å²) in [7, 11) is 1.62. The molecule has 1 fully saturated rings. The molecule has 0 saturated carbocycles. The van der Waals surface area contributed by atoms with Crippen LogP contribution in [0.15, 0.2) is 0 Å². The first-order valence-corrected chi connectivity index (χ1v) is 6.01. The van der Waals surface area contributed by atoms with E-state index in [0.29, 0.717) is 13.0 Å². The third-order valence-corrected chi connectivity index (χ3v) is 3.84. The molecule has 18 heavy (non-hydrogen) atoms. The second-order valence-electron chi connectivity index (χ2n) is 5.85. The lowest BCUT2D eigenvalue weighted by atomic mass is 9.90. The molecule has 1 unspecified atom stereocenters. The number of carboxylic acids is 1. The Balaban J connectivity index is 2.74. The van der Waals surface area contributed by atoms with Gasteiger partial charge in [0.05, 0.1) is 17.6 Å². The fourth-order valence-corrected chi connectivity index (χ4v) is 1.88. The highest BCUT2D eigenvalue weighted by molar-refractivity contribution is 5.79. The number of likely N-dealkylation sites (tertiary alicyclic amines) is 1. The number of aliphatic carboxylic acids is 1. The Labute approximate surface area is 107 Å². The highest BCUT2D eigenvalue weighted by atomic mass is 16.4. The van der Waals surface area contributed by atoms with Crippen molar-refractivity contribution in [2.75, 3.05) is 26.7 Å². The number of carbonyl (C=O) groups excluding carboxylic acids is 1. The van der Waals surface area contributed by atoms with E-state index in [2.05, 4.69) is 0 Å². The number of nitrogens with zero attached hydrogens (tertiary/aromatic N) is 2. The highest BCUT2D eigenvalue weighted by Crippen LogP contribution is 2.31. The van der Waals surface area contributed by atoms with Crippen molar-refractivity contribution in [2.45, 2.75) is 32.7 Å². The van der Waals surface area contributed by atoms with E-state index < -0.39 is 16.9 Å². The molecule has 0 aromatic rings. The number of hydrogen-bond donors (Lipinski definition) is 2. The summed E-state index contributed by atoms with van der Waals surface area (Å²) in [6.45, 7) is 5.69. The van der Waals surface area contributed by atoms with Crippen molar-refractivity contribution in [1.82, 2.24) is 9.80 Å². The van der Waals surface area contributed by atoms with Gasteiger partial charge in [0.25, 0.3) is 0 Å². The maximum absolute atomic E-state index is 12.2. The number of rotatable bonds is 3. The quantitative estimate of drug-likeness (QED) is 0.777. The molecule has 0 aliphatic carbocycles. The standard InChI is InChI=1S/C12H22N2O4/c1-11(2,8-15)13(4)10(18)14-6-5-12(3,7-14)9(16)17/h15H,5-8H2,1-4H3,(H,16,17). The Hall–Kier alpha value is -1.30. The molecule has 1 atom stereocenters. The summed E-state index contributed by atoms with van der Waals surface area (Å²) in [5, 5.41) is 18.4. The average molecular weight is 258 g/mol. The van der Waals surface area contributed by atoms with Gasteiger partial charge in [-0.3, -0.25) is 4.79 Å². The third kappa shape index (κ3) is 2.58. The van der Waals surface area contributed by atoms with Crippen LogP contribution in [0.25, 0.3) is 0 Å². The van der Waals surface area contributed by atoms with Gasteiger partial charge in [0, 0.05) is 20.1 Å². The van der Waals surface area contributed by atoms with E-state index >= 15 is 0 Å². The van der Waals surface area contributed by atoms with Crippen molar-refractivity contribution < 1.29 is 19.8 Å². The fourth-order valence-electron chi connectivity index (χ4n) is 1.88. The predicted molar refractivity (Wildman–Crippen MR) is 66.3 cm³/mol. The molecule has 104 valence electrons. The van der Waals surface area contributed by atoms with Crippen molar-refractivity contribution in [3.8, 4) is 0 Å². The zero-order chi connectivity index (χ0) is 14.1. The molecule has 6 heteroatoms. The van der Waals surface area contributed by atoms with E-state index in [1.807, 2.05) is 0 Å². The maximum Gasteiger partial charge on any atom is 0.320 e. The van der Waals surface area contributed by atoms with E-state index in [9.17, 15) is 14.7 Å². The van der Waals surface area contributed by atoms with Crippen LogP contribution < -0.4 is 0 Å². The normalized spacial score (nSPS) is 24.2. The molecule has 2 amide bonds. The van der Waals surface area contributed by atoms with Crippen molar-refractivity contribution >= 4 is 12.0 Å². The van der Waals surface area contributed by atoms with Gasteiger partial charge in [-0.15, -0.1) is 0 Å². The van der Waals surface area contributed by atoms with Gasteiger partial charge in [-0.1, -0.05) is 0 Å². The largest absolute Gasteiger partial charge is 0.481 e. The minimum Gasteiger partial charge on any atom is -0.481 e. The first-order valence-electron chi connectivity index (χ1n) is 6.01. The number of aliphatic hydroxyl groups is 1. The average Bonchev–Trinajstić information content (AvgIpc) is 2.71. The molecular weight excluding hydrogens is 236 g/mol. The molecule has 1 aliphatic heterocycles. The van der Waals surface area contributed by atoms with E-state index in [4.69, 9.17) is 5.11 Å². The molecule has 2 N–H and O–H groups in total. The lowest BCUT2D eigenvalue weighted by molar-refractivity contribution is -0.147. The topological polar surface area (TPSA) is 81.1 Å². The highest BCUT2D eigenvalue weighted by Gasteiger charge is 2.43. The molecule has 0 spiro atoms. The van der Waals surface area contributed by atoms with Crippen molar-refractivity contribution in [2.24, 2.45) is 5.41 Å². The van der Waals surface area contributed by atoms with Gasteiger partial charge in [0.15, 0.2) is 0 Å². The zero-order valence-electron chi connectivity index (χ0n) is 11.4. The number of carbonyl (C=O) groups is 2. The third-order valence-electron chi connectivity index (χ3n) is 3.84. The zero-order valence-corrected chi connectivity index (χ0v) is 11.4. The first kappa shape index (κ1) is 14.8. The number of amides is 2. The molecule has 1 rings (SSSR count). The molecule has 6 nitrogen and oxygen atoms in total. The number of likely N-dealkylation sites (N-methyl/N-ethyl adjacent to an activating group) is 1. The molecule has 0 bridgehead atoms. The molecule has 0 radical (unpaired) electrons. The summed E-state index contributed by atoms with van der Waals surface area (Å²) in [4.78, 5) is 26.3. The minimum absolute atomic E-state index is 0.140. The smallest absolute Gasteiger partial charge is 0.320 e. The summed E-state index contributed by atoms with van der Waals surface area (Å²) in [6, 6.07) is -0.237. The summed E-state index contributed by atoms with van der Waals surface area (Å²) in [5.41, 5.74) is -1.51. The van der Waals surface area contributed by atoms with Gasteiger partial charge in [-0.05, 0) is 27.2 Å². The Morgan fingerprint density at radius 1 is 1.44 bits per heavy atom. The summed E-state index contributed by atoms with van der Waals surface area (Å²) >= 11 is 0. The molecule has 1 saturated heterocycles. The first-order chi connectivity index (χ1) is 8.14. The number of aliphatic hydroxyl groups excluding tert-OH is 1. The van der Waals surface area contributed by atoms with Crippen LogP contribution in [0.3, 0.4) is 0 Å². The molecule has 1 heterocycles. The number of hydrogen-bond acceptors (Lipinski definition) is 3. The Kier molecular flexibility index (Phi) is 3.90. The van der Waals surface area contributed by atoms with Crippen LogP contribution in [0.4, 0.5) is 4.79 Å². The maximum atomic E-state index is 12.2. The van der Waals surface area contributed by atoms with Gasteiger partial charge < -0.3 is 20.0 Å². The summed E-state index contributed by atoms with van der Waals surface area (Å²) in [6.07, 6.45) is 0.460. The Morgan fingerprint density at radius 3 is 2.39 bits per heavy atom. The van der Waals surface area contributed by atoms with Crippen LogP contribution in [0.2, 0.25) is 0 Å². The monoisotopic (exact) mass is 258 g/mol. The predicted octanol–water partition coefficient (Wildman–Crippen LogP) is 0.606. The van der Waals surface area contributed by atoms with Gasteiger partial charge in [0.1, 0.15) is 0 Å². The fraction of sp³-hybridized carbons (Fsp3) is 0.833. The van der Waals surface area contributed by atoms with Crippen molar-refractivity contribution in [3.63, 3.8) is 0 Å². The van der Waals surface area contributed by atoms with Crippen LogP contribution in [0.5, 0.6) is 0 Å². The van der Waals surface area contributed by atoms with Crippen LogP contribution in [0.1, 0.15) is 27.2 Å². The van der Waals surface area contributed by atoms with Crippen LogP contribution >= 0.6 is 0 Å². The van der Waals surface area contributed by atoms with E-state index in [0.717, 1.165) is 0 Å². The number of carboxylic acid groups (broad SMARTS) is 1. The van der Waals surface area contributed by atoms with Crippen molar-refractivity contribution in [1.29, 1.82) is 0 Å². The SMILES string of the molecule is CN(C(=O)N1CCC(C)(C(=O)O)C1)C(C)(C)CO. The van der Waals surface area contributed by atoms with E-state index in [1.165, 1.54) is 9.80 Å². The van der Waals surface area contributed by atoms with Crippen molar-refractivity contribution in [3.05, 3.63) is 0 Å².